The van der Waals surface area contributed by atoms with Gasteiger partial charge in [-0.2, -0.15) is 0 Å². The Morgan fingerprint density at radius 1 is 1.23 bits per heavy atom. The van der Waals surface area contributed by atoms with Gasteiger partial charge in [0.1, 0.15) is 5.52 Å². The van der Waals surface area contributed by atoms with Gasteiger partial charge in [0.25, 0.3) is 16.4 Å². The monoisotopic (exact) mass is 440 g/mol. The molecule has 3 amide bonds. The first-order valence-electron chi connectivity index (χ1n) is 9.00. The summed E-state index contributed by atoms with van der Waals surface area (Å²) in [6.07, 6.45) is 4.88. The van der Waals surface area contributed by atoms with Crippen molar-refractivity contribution in [3.8, 4) is 0 Å². The van der Waals surface area contributed by atoms with Crippen LogP contribution >= 0.6 is 23.5 Å². The molecular formula is C20H16N4O4S2. The molecule has 1 N–H and O–H groups in total. The summed E-state index contributed by atoms with van der Waals surface area (Å²) in [5.41, 5.74) is 2.14. The Hall–Kier alpha value is -3.11. The highest BCUT2D eigenvalue weighted by atomic mass is 32.2. The molecule has 3 aromatic rings. The molecule has 1 saturated heterocycles. The molecule has 0 saturated carbocycles. The number of carbonyl (C=O) groups excluding carboxylic acids is 3. The van der Waals surface area contributed by atoms with Gasteiger partial charge in [0, 0.05) is 25.5 Å². The molecule has 30 heavy (non-hydrogen) atoms. The van der Waals surface area contributed by atoms with Crippen LogP contribution in [0.5, 0.6) is 0 Å². The maximum absolute atomic E-state index is 12.5. The third kappa shape index (κ3) is 4.71. The Bertz CT molecular complexity index is 1100. The standard InChI is InChI=1S/C20H16N4O4S2/c25-17(12-29-19-23-14-5-1-2-6-15(14)28-19)22-8-9-24-18(26)16(30-20(24)27)10-13-4-3-7-21-11-13/h1-7,10-11H,8-9,12H2,(H,22,25)/b16-10-. The molecule has 0 aliphatic carbocycles. The van der Waals surface area contributed by atoms with Crippen LogP contribution < -0.4 is 5.32 Å². The van der Waals surface area contributed by atoms with Gasteiger partial charge in [0.15, 0.2) is 5.58 Å². The van der Waals surface area contributed by atoms with E-state index in [-0.39, 0.29) is 35.9 Å². The van der Waals surface area contributed by atoms with E-state index in [1.165, 1.54) is 11.8 Å². The van der Waals surface area contributed by atoms with Gasteiger partial charge in [-0.25, -0.2) is 4.98 Å². The lowest BCUT2D eigenvalue weighted by Gasteiger charge is -2.12. The molecule has 8 nitrogen and oxygen atoms in total. The minimum absolute atomic E-state index is 0.105. The van der Waals surface area contributed by atoms with Crippen molar-refractivity contribution >= 4 is 57.8 Å². The first-order chi connectivity index (χ1) is 14.6. The van der Waals surface area contributed by atoms with Crippen molar-refractivity contribution in [1.29, 1.82) is 0 Å². The second kappa shape index (κ2) is 9.14. The minimum atomic E-state index is -0.371. The van der Waals surface area contributed by atoms with Crippen molar-refractivity contribution in [3.05, 3.63) is 59.3 Å². The molecule has 2 aromatic heterocycles. The smallest absolute Gasteiger partial charge is 0.293 e. The van der Waals surface area contributed by atoms with E-state index in [0.717, 1.165) is 27.7 Å². The SMILES string of the molecule is O=C(CSc1nc2ccccc2o1)NCCN1C(=O)S/C(=C\c2cccnc2)C1=O. The summed E-state index contributed by atoms with van der Waals surface area (Å²) >= 11 is 2.06. The fraction of sp³-hybridized carbons (Fsp3) is 0.150. The highest BCUT2D eigenvalue weighted by Crippen LogP contribution is 2.31. The first kappa shape index (κ1) is 20.2. The number of aromatic nitrogens is 2. The van der Waals surface area contributed by atoms with Crippen LogP contribution in [0.25, 0.3) is 17.2 Å². The van der Waals surface area contributed by atoms with Gasteiger partial charge < -0.3 is 9.73 Å². The van der Waals surface area contributed by atoms with E-state index in [1.807, 2.05) is 24.3 Å². The average Bonchev–Trinajstić information content (AvgIpc) is 3.28. The van der Waals surface area contributed by atoms with E-state index in [4.69, 9.17) is 4.42 Å². The lowest BCUT2D eigenvalue weighted by Crippen LogP contribution is -2.37. The number of nitrogens with zero attached hydrogens (tertiary/aromatic N) is 3. The number of benzene rings is 1. The van der Waals surface area contributed by atoms with Crippen molar-refractivity contribution in [2.45, 2.75) is 5.22 Å². The van der Waals surface area contributed by atoms with Crippen LogP contribution in [-0.4, -0.2) is 50.8 Å². The van der Waals surface area contributed by atoms with Gasteiger partial charge in [-0.3, -0.25) is 24.3 Å². The van der Waals surface area contributed by atoms with Crippen LogP contribution in [0, 0.1) is 0 Å². The summed E-state index contributed by atoms with van der Waals surface area (Å²) in [5.74, 6) is -0.487. The van der Waals surface area contributed by atoms with E-state index in [0.29, 0.717) is 15.7 Å². The summed E-state index contributed by atoms with van der Waals surface area (Å²) in [6, 6.07) is 10.9. The second-order valence-corrected chi connectivity index (χ2v) is 8.13. The number of imide groups is 1. The fourth-order valence-corrected chi connectivity index (χ4v) is 4.24. The molecule has 4 rings (SSSR count). The molecule has 0 spiro atoms. The summed E-state index contributed by atoms with van der Waals surface area (Å²) in [5, 5.41) is 2.76. The molecule has 1 aliphatic heterocycles. The molecule has 1 fully saturated rings. The predicted molar refractivity (Wildman–Crippen MR) is 115 cm³/mol. The van der Waals surface area contributed by atoms with Crippen LogP contribution in [0.15, 0.2) is 63.3 Å². The highest BCUT2D eigenvalue weighted by molar-refractivity contribution is 8.18. The van der Waals surface area contributed by atoms with Gasteiger partial charge in [0.2, 0.25) is 5.91 Å². The normalized spacial score (nSPS) is 15.3. The van der Waals surface area contributed by atoms with E-state index in [9.17, 15) is 14.4 Å². The Labute approximate surface area is 180 Å². The molecule has 0 bridgehead atoms. The van der Waals surface area contributed by atoms with Crippen LogP contribution in [0.1, 0.15) is 5.56 Å². The second-order valence-electron chi connectivity index (χ2n) is 6.21. The topological polar surface area (TPSA) is 105 Å². The first-order valence-corrected chi connectivity index (χ1v) is 10.8. The van der Waals surface area contributed by atoms with Crippen LogP contribution in [0.2, 0.25) is 0 Å². The van der Waals surface area contributed by atoms with Crippen molar-refractivity contribution in [2.75, 3.05) is 18.8 Å². The molecule has 1 aromatic carbocycles. The number of hydrogen-bond donors (Lipinski definition) is 1. The number of pyridine rings is 1. The van der Waals surface area contributed by atoms with Gasteiger partial charge in [-0.15, -0.1) is 0 Å². The largest absolute Gasteiger partial charge is 0.431 e. The van der Waals surface area contributed by atoms with E-state index >= 15 is 0 Å². The summed E-state index contributed by atoms with van der Waals surface area (Å²) in [7, 11) is 0. The zero-order valence-electron chi connectivity index (χ0n) is 15.6. The number of amides is 3. The van der Waals surface area contributed by atoms with Gasteiger partial charge in [0.05, 0.1) is 10.7 Å². The third-order valence-corrected chi connectivity index (χ3v) is 5.85. The number of para-hydroxylation sites is 2. The maximum atomic E-state index is 12.5. The Balaban J connectivity index is 1.25. The third-order valence-electron chi connectivity index (χ3n) is 4.11. The number of rotatable bonds is 7. The Morgan fingerprint density at radius 2 is 2.10 bits per heavy atom. The van der Waals surface area contributed by atoms with Gasteiger partial charge in [-0.05, 0) is 41.6 Å². The number of thioether (sulfide) groups is 2. The van der Waals surface area contributed by atoms with Crippen LogP contribution in [0.3, 0.4) is 0 Å². The van der Waals surface area contributed by atoms with Gasteiger partial charge >= 0.3 is 0 Å². The molecule has 1 aliphatic rings. The van der Waals surface area contributed by atoms with E-state index < -0.39 is 0 Å². The summed E-state index contributed by atoms with van der Waals surface area (Å²) in [4.78, 5) is 46.4. The van der Waals surface area contributed by atoms with Gasteiger partial charge in [-0.1, -0.05) is 30.0 Å². The van der Waals surface area contributed by atoms with Crippen molar-refractivity contribution < 1.29 is 18.8 Å². The number of nitrogens with one attached hydrogen (secondary N) is 1. The molecule has 0 radical (unpaired) electrons. The highest BCUT2D eigenvalue weighted by Gasteiger charge is 2.34. The molecule has 0 atom stereocenters. The van der Waals surface area contributed by atoms with E-state index in [1.54, 1.807) is 30.6 Å². The average molecular weight is 441 g/mol. The Kier molecular flexibility index (Phi) is 6.15. The maximum Gasteiger partial charge on any atom is 0.293 e. The van der Waals surface area contributed by atoms with E-state index in [2.05, 4.69) is 15.3 Å². The number of fused-ring (bicyclic) bond motifs is 1. The zero-order chi connectivity index (χ0) is 20.9. The van der Waals surface area contributed by atoms with Crippen molar-refractivity contribution in [3.63, 3.8) is 0 Å². The molecule has 10 heteroatoms. The predicted octanol–water partition coefficient (Wildman–Crippen LogP) is 3.17. The number of carbonyl (C=O) groups is 3. The molecular weight excluding hydrogens is 424 g/mol. The lowest BCUT2D eigenvalue weighted by molar-refractivity contribution is -0.123. The quantitative estimate of drug-likeness (QED) is 0.441. The minimum Gasteiger partial charge on any atom is -0.431 e. The summed E-state index contributed by atoms with van der Waals surface area (Å²) < 4.78 is 5.55. The Morgan fingerprint density at radius 3 is 2.90 bits per heavy atom. The fourth-order valence-electron chi connectivity index (χ4n) is 2.70. The van der Waals surface area contributed by atoms with Crippen molar-refractivity contribution in [1.82, 2.24) is 20.2 Å². The number of oxazole rings is 1. The van der Waals surface area contributed by atoms with Crippen LogP contribution in [-0.2, 0) is 9.59 Å². The molecule has 0 unspecified atom stereocenters. The number of hydrogen-bond acceptors (Lipinski definition) is 8. The lowest BCUT2D eigenvalue weighted by atomic mass is 10.2. The van der Waals surface area contributed by atoms with Crippen molar-refractivity contribution in [2.24, 2.45) is 0 Å². The molecule has 3 heterocycles. The molecule has 152 valence electrons. The van der Waals surface area contributed by atoms with Crippen LogP contribution in [0.4, 0.5) is 4.79 Å². The zero-order valence-corrected chi connectivity index (χ0v) is 17.2. The summed E-state index contributed by atoms with van der Waals surface area (Å²) in [6.45, 7) is 0.277.